The molecule has 1 amide bonds. The largest absolute Gasteiger partial charge is 0.351 e. The second-order valence-electron chi connectivity index (χ2n) is 4.77. The van der Waals surface area contributed by atoms with Gasteiger partial charge in [-0.25, -0.2) is 0 Å². The molecule has 2 rings (SSSR count). The van der Waals surface area contributed by atoms with E-state index in [1.807, 2.05) is 31.2 Å². The normalized spacial score (nSPS) is 20.8. The number of thioether (sulfide) groups is 1. The van der Waals surface area contributed by atoms with Crippen LogP contribution in [0, 0.1) is 0 Å². The average Bonchev–Trinajstić information content (AvgIpc) is 2.42. The van der Waals surface area contributed by atoms with E-state index in [0.29, 0.717) is 0 Å². The van der Waals surface area contributed by atoms with Crippen molar-refractivity contribution in [1.29, 1.82) is 0 Å². The van der Waals surface area contributed by atoms with Crippen LogP contribution in [0.5, 0.6) is 0 Å². The molecule has 1 heterocycles. The molecular formula is C14H19ClN2OS. The lowest BCUT2D eigenvalue weighted by Gasteiger charge is -2.25. The highest BCUT2D eigenvalue weighted by atomic mass is 35.5. The summed E-state index contributed by atoms with van der Waals surface area (Å²) in [5.74, 6) is 0.105. The van der Waals surface area contributed by atoms with Crippen molar-refractivity contribution in [3.63, 3.8) is 0 Å². The Bertz CT molecular complexity index is 418. The first-order chi connectivity index (χ1) is 9.15. The number of nitrogens with one attached hydrogen (secondary N) is 2. The highest BCUT2D eigenvalue weighted by molar-refractivity contribution is 8.00. The van der Waals surface area contributed by atoms with Crippen molar-refractivity contribution in [1.82, 2.24) is 10.6 Å². The summed E-state index contributed by atoms with van der Waals surface area (Å²) in [5.41, 5.74) is 0. The van der Waals surface area contributed by atoms with Crippen LogP contribution in [0.2, 0.25) is 5.02 Å². The van der Waals surface area contributed by atoms with Crippen LogP contribution in [-0.4, -0.2) is 30.3 Å². The molecule has 0 aliphatic carbocycles. The fourth-order valence-corrected chi connectivity index (χ4v) is 3.07. The summed E-state index contributed by atoms with van der Waals surface area (Å²) in [7, 11) is 0. The van der Waals surface area contributed by atoms with Crippen LogP contribution in [-0.2, 0) is 4.79 Å². The van der Waals surface area contributed by atoms with E-state index in [1.165, 1.54) is 0 Å². The molecule has 104 valence electrons. The molecule has 1 aliphatic rings. The zero-order chi connectivity index (χ0) is 13.7. The molecule has 19 heavy (non-hydrogen) atoms. The molecule has 3 nitrogen and oxygen atoms in total. The van der Waals surface area contributed by atoms with Gasteiger partial charge in [0.2, 0.25) is 5.91 Å². The molecule has 1 saturated heterocycles. The molecule has 0 spiro atoms. The fourth-order valence-electron chi connectivity index (χ4n) is 2.06. The third kappa shape index (κ3) is 4.71. The van der Waals surface area contributed by atoms with Crippen molar-refractivity contribution in [3.05, 3.63) is 29.3 Å². The molecule has 0 bridgehead atoms. The van der Waals surface area contributed by atoms with Gasteiger partial charge in [0.25, 0.3) is 0 Å². The number of carbonyl (C=O) groups excluding carboxylic acids is 1. The van der Waals surface area contributed by atoms with Crippen LogP contribution in [0.4, 0.5) is 0 Å². The number of rotatable bonds is 4. The topological polar surface area (TPSA) is 41.1 Å². The Hall–Kier alpha value is -0.710. The van der Waals surface area contributed by atoms with Crippen molar-refractivity contribution >= 4 is 29.3 Å². The molecule has 1 fully saturated rings. The van der Waals surface area contributed by atoms with Crippen LogP contribution >= 0.6 is 23.4 Å². The van der Waals surface area contributed by atoms with E-state index >= 15 is 0 Å². The molecule has 1 aromatic rings. The number of hydrogen-bond acceptors (Lipinski definition) is 3. The highest BCUT2D eigenvalue weighted by Gasteiger charge is 2.19. The Labute approximate surface area is 123 Å². The van der Waals surface area contributed by atoms with Crippen molar-refractivity contribution < 1.29 is 4.79 Å². The summed E-state index contributed by atoms with van der Waals surface area (Å²) >= 11 is 7.40. The third-order valence-electron chi connectivity index (χ3n) is 3.14. The zero-order valence-corrected chi connectivity index (χ0v) is 12.6. The van der Waals surface area contributed by atoms with Crippen molar-refractivity contribution in [2.24, 2.45) is 0 Å². The first-order valence-electron chi connectivity index (χ1n) is 6.58. The van der Waals surface area contributed by atoms with Gasteiger partial charge in [-0.3, -0.25) is 4.79 Å². The maximum atomic E-state index is 12.1. The molecule has 0 radical (unpaired) electrons. The first-order valence-corrected chi connectivity index (χ1v) is 7.84. The monoisotopic (exact) mass is 298 g/mol. The lowest BCUT2D eigenvalue weighted by molar-refractivity contribution is -0.121. The summed E-state index contributed by atoms with van der Waals surface area (Å²) in [6.07, 6.45) is 2.20. The summed E-state index contributed by atoms with van der Waals surface area (Å²) < 4.78 is 0. The predicted octanol–water partition coefficient (Wildman–Crippen LogP) is 2.69. The summed E-state index contributed by atoms with van der Waals surface area (Å²) in [6.45, 7) is 3.87. The smallest absolute Gasteiger partial charge is 0.233 e. The number of amides is 1. The quantitative estimate of drug-likeness (QED) is 0.840. The van der Waals surface area contributed by atoms with E-state index in [4.69, 9.17) is 11.6 Å². The van der Waals surface area contributed by atoms with Gasteiger partial charge in [0, 0.05) is 22.5 Å². The number of benzene rings is 1. The SMILES string of the molecule is CC(Sc1ccc(Cl)cc1)C(=O)N[C@H]1CCCNC1. The maximum absolute atomic E-state index is 12.1. The fraction of sp³-hybridized carbons (Fsp3) is 0.500. The van der Waals surface area contributed by atoms with Gasteiger partial charge in [-0.1, -0.05) is 11.6 Å². The maximum Gasteiger partial charge on any atom is 0.233 e. The molecule has 1 aromatic carbocycles. The van der Waals surface area contributed by atoms with Gasteiger partial charge >= 0.3 is 0 Å². The molecule has 1 aliphatic heterocycles. The van der Waals surface area contributed by atoms with E-state index in [-0.39, 0.29) is 17.2 Å². The van der Waals surface area contributed by atoms with Crippen LogP contribution in [0.25, 0.3) is 0 Å². The summed E-state index contributed by atoms with van der Waals surface area (Å²) in [4.78, 5) is 13.2. The van der Waals surface area contributed by atoms with E-state index in [9.17, 15) is 4.79 Å². The summed E-state index contributed by atoms with van der Waals surface area (Å²) in [5, 5.41) is 7.02. The lowest BCUT2D eigenvalue weighted by Crippen LogP contribution is -2.47. The summed E-state index contributed by atoms with van der Waals surface area (Å²) in [6, 6.07) is 7.85. The van der Waals surface area contributed by atoms with Crippen molar-refractivity contribution in [3.8, 4) is 0 Å². The molecule has 1 unspecified atom stereocenters. The number of halogens is 1. The molecule has 2 atom stereocenters. The van der Waals surface area contributed by atoms with Gasteiger partial charge < -0.3 is 10.6 Å². The number of piperidine rings is 1. The molecule has 5 heteroatoms. The first kappa shape index (κ1) is 14.7. The number of carbonyl (C=O) groups is 1. The minimum atomic E-state index is -0.0943. The molecular weight excluding hydrogens is 280 g/mol. The molecule has 0 aromatic heterocycles. The predicted molar refractivity (Wildman–Crippen MR) is 80.8 cm³/mol. The molecule has 0 saturated carbocycles. The second-order valence-corrected chi connectivity index (χ2v) is 6.62. The number of hydrogen-bond donors (Lipinski definition) is 2. The van der Waals surface area contributed by atoms with Gasteiger partial charge in [-0.2, -0.15) is 0 Å². The van der Waals surface area contributed by atoms with Gasteiger partial charge in [-0.15, -0.1) is 11.8 Å². The van der Waals surface area contributed by atoms with Crippen LogP contribution in [0.1, 0.15) is 19.8 Å². The van der Waals surface area contributed by atoms with E-state index < -0.39 is 0 Å². The second kappa shape index (κ2) is 7.17. The van der Waals surface area contributed by atoms with Gasteiger partial charge in [0.1, 0.15) is 0 Å². The Morgan fingerprint density at radius 2 is 2.21 bits per heavy atom. The van der Waals surface area contributed by atoms with Gasteiger partial charge in [-0.05, 0) is 50.6 Å². The average molecular weight is 299 g/mol. The van der Waals surface area contributed by atoms with E-state index in [2.05, 4.69) is 10.6 Å². The zero-order valence-electron chi connectivity index (χ0n) is 11.0. The Kier molecular flexibility index (Phi) is 5.55. The highest BCUT2D eigenvalue weighted by Crippen LogP contribution is 2.24. The van der Waals surface area contributed by atoms with Crippen LogP contribution < -0.4 is 10.6 Å². The van der Waals surface area contributed by atoms with E-state index in [0.717, 1.165) is 35.8 Å². The van der Waals surface area contributed by atoms with Crippen LogP contribution in [0.3, 0.4) is 0 Å². The minimum Gasteiger partial charge on any atom is -0.351 e. The lowest BCUT2D eigenvalue weighted by atomic mass is 10.1. The van der Waals surface area contributed by atoms with Crippen molar-refractivity contribution in [2.75, 3.05) is 13.1 Å². The van der Waals surface area contributed by atoms with Crippen LogP contribution in [0.15, 0.2) is 29.2 Å². The Balaban J connectivity index is 1.83. The Morgan fingerprint density at radius 3 is 2.84 bits per heavy atom. The molecule has 2 N–H and O–H groups in total. The standard InChI is InChI=1S/C14H19ClN2OS/c1-10(19-13-6-4-11(15)5-7-13)14(18)17-12-3-2-8-16-9-12/h4-7,10,12,16H,2-3,8-9H2,1H3,(H,17,18)/t10?,12-/m0/s1. The third-order valence-corrected chi connectivity index (χ3v) is 4.50. The minimum absolute atomic E-state index is 0.0943. The van der Waals surface area contributed by atoms with Crippen molar-refractivity contribution in [2.45, 2.75) is 36.0 Å². The van der Waals surface area contributed by atoms with Gasteiger partial charge in [0.05, 0.1) is 5.25 Å². The van der Waals surface area contributed by atoms with E-state index in [1.54, 1.807) is 11.8 Å². The van der Waals surface area contributed by atoms with Gasteiger partial charge in [0.15, 0.2) is 0 Å². The Morgan fingerprint density at radius 1 is 1.47 bits per heavy atom.